The zero-order valence-electron chi connectivity index (χ0n) is 11.4. The first-order chi connectivity index (χ1) is 10.2. The highest BCUT2D eigenvalue weighted by Crippen LogP contribution is 2.37. The van der Waals surface area contributed by atoms with Crippen molar-refractivity contribution in [3.63, 3.8) is 0 Å². The Morgan fingerprint density at radius 3 is 2.95 bits per heavy atom. The topological polar surface area (TPSA) is 51.5 Å². The van der Waals surface area contributed by atoms with Crippen LogP contribution in [0.15, 0.2) is 53.1 Å². The summed E-state index contributed by atoms with van der Waals surface area (Å²) >= 11 is 0. The maximum Gasteiger partial charge on any atom is 0.270 e. The Balaban J connectivity index is 1.78. The summed E-state index contributed by atoms with van der Waals surface area (Å²) in [7, 11) is 0. The maximum atomic E-state index is 12.3. The smallest absolute Gasteiger partial charge is 0.270 e. The molecule has 0 spiro atoms. The van der Waals surface area contributed by atoms with Gasteiger partial charge in [0.15, 0.2) is 0 Å². The number of nitrogens with one attached hydrogen (secondary N) is 1. The molecule has 1 aliphatic heterocycles. The maximum absolute atomic E-state index is 12.3. The summed E-state index contributed by atoms with van der Waals surface area (Å²) in [6.45, 7) is 1.96. The van der Waals surface area contributed by atoms with Crippen LogP contribution in [-0.4, -0.2) is 5.91 Å². The summed E-state index contributed by atoms with van der Waals surface area (Å²) in [5.74, 6) is 0.574. The molecule has 1 amide bonds. The second-order valence-corrected chi connectivity index (χ2v) is 5.16. The molecular weight excluding hydrogens is 266 g/mol. The van der Waals surface area contributed by atoms with Gasteiger partial charge in [-0.05, 0) is 36.8 Å². The number of ether oxygens (including phenoxy) is 1. The quantitative estimate of drug-likeness (QED) is 0.736. The minimum atomic E-state index is -0.641. The van der Waals surface area contributed by atoms with Gasteiger partial charge in [-0.3, -0.25) is 4.79 Å². The molecule has 0 fully saturated rings. The van der Waals surface area contributed by atoms with E-state index in [2.05, 4.69) is 5.32 Å². The van der Waals surface area contributed by atoms with Gasteiger partial charge in [0.2, 0.25) is 6.10 Å². The van der Waals surface area contributed by atoms with E-state index in [1.54, 1.807) is 6.26 Å². The number of para-hydroxylation sites is 1. The molecule has 3 aromatic rings. The van der Waals surface area contributed by atoms with E-state index in [0.717, 1.165) is 33.5 Å². The number of benzene rings is 2. The van der Waals surface area contributed by atoms with Crippen LogP contribution in [0.3, 0.4) is 0 Å². The molecule has 2 heterocycles. The summed E-state index contributed by atoms with van der Waals surface area (Å²) in [5.41, 5.74) is 3.34. The van der Waals surface area contributed by atoms with Gasteiger partial charge in [-0.2, -0.15) is 0 Å². The number of carbonyl (C=O) groups is 1. The van der Waals surface area contributed by atoms with Gasteiger partial charge >= 0.3 is 0 Å². The number of hydrogen-bond donors (Lipinski definition) is 1. The van der Waals surface area contributed by atoms with Crippen LogP contribution in [0.5, 0.6) is 5.75 Å². The van der Waals surface area contributed by atoms with Crippen LogP contribution in [0.4, 0.5) is 5.69 Å². The average Bonchev–Trinajstić information content (AvgIpc) is 2.94. The first-order valence-corrected chi connectivity index (χ1v) is 6.77. The number of hydrogen-bond acceptors (Lipinski definition) is 3. The lowest BCUT2D eigenvalue weighted by Gasteiger charge is -2.27. The molecule has 104 valence electrons. The second kappa shape index (κ2) is 4.38. The van der Waals surface area contributed by atoms with Crippen molar-refractivity contribution in [2.75, 3.05) is 5.32 Å². The van der Waals surface area contributed by atoms with Gasteiger partial charge < -0.3 is 14.5 Å². The normalized spacial score (nSPS) is 17.2. The zero-order valence-corrected chi connectivity index (χ0v) is 11.4. The fourth-order valence-corrected chi connectivity index (χ4v) is 2.64. The standard InChI is InChI=1S/C17H13NO3/c1-10-3-2-4-13-15(10)21-16(17(19)18-13)12-5-6-14-11(9-12)7-8-20-14/h2-9,16H,1H3,(H,18,19). The Kier molecular flexibility index (Phi) is 2.51. The van der Waals surface area contributed by atoms with Crippen molar-refractivity contribution in [1.82, 2.24) is 0 Å². The number of aryl methyl sites for hydroxylation is 1. The zero-order chi connectivity index (χ0) is 14.4. The molecule has 1 unspecified atom stereocenters. The molecule has 1 aromatic heterocycles. The molecule has 1 aliphatic rings. The predicted molar refractivity (Wildman–Crippen MR) is 79.4 cm³/mol. The molecule has 4 rings (SSSR count). The molecule has 1 atom stereocenters. The fourth-order valence-electron chi connectivity index (χ4n) is 2.64. The summed E-state index contributed by atoms with van der Waals surface area (Å²) in [5, 5.41) is 3.86. The number of rotatable bonds is 1. The lowest BCUT2D eigenvalue weighted by molar-refractivity contribution is -0.123. The third kappa shape index (κ3) is 1.88. The van der Waals surface area contributed by atoms with Crippen LogP contribution < -0.4 is 10.1 Å². The number of furan rings is 1. The third-order valence-electron chi connectivity index (χ3n) is 3.72. The highest BCUT2D eigenvalue weighted by Gasteiger charge is 2.30. The van der Waals surface area contributed by atoms with E-state index < -0.39 is 6.10 Å². The minimum absolute atomic E-state index is 0.157. The van der Waals surface area contributed by atoms with Crippen molar-refractivity contribution in [3.05, 3.63) is 59.9 Å². The van der Waals surface area contributed by atoms with Crippen molar-refractivity contribution in [2.24, 2.45) is 0 Å². The second-order valence-electron chi connectivity index (χ2n) is 5.16. The van der Waals surface area contributed by atoms with E-state index in [1.165, 1.54) is 0 Å². The Labute approximate surface area is 121 Å². The predicted octanol–water partition coefficient (Wildman–Crippen LogP) is 3.81. The van der Waals surface area contributed by atoms with Gasteiger partial charge in [-0.25, -0.2) is 0 Å². The molecule has 4 heteroatoms. The Bertz CT molecular complexity index is 850. The van der Waals surface area contributed by atoms with Crippen LogP contribution in [0.25, 0.3) is 11.0 Å². The van der Waals surface area contributed by atoms with Crippen LogP contribution in [0.2, 0.25) is 0 Å². The number of amides is 1. The summed E-state index contributed by atoms with van der Waals surface area (Å²) in [6, 6.07) is 13.2. The van der Waals surface area contributed by atoms with E-state index >= 15 is 0 Å². The van der Waals surface area contributed by atoms with E-state index in [-0.39, 0.29) is 5.91 Å². The van der Waals surface area contributed by atoms with Crippen molar-refractivity contribution < 1.29 is 13.9 Å². The number of anilines is 1. The third-order valence-corrected chi connectivity index (χ3v) is 3.72. The molecule has 1 N–H and O–H groups in total. The van der Waals surface area contributed by atoms with Crippen molar-refractivity contribution >= 4 is 22.6 Å². The molecule has 0 bridgehead atoms. The Morgan fingerprint density at radius 1 is 1.14 bits per heavy atom. The van der Waals surface area contributed by atoms with Gasteiger partial charge in [0, 0.05) is 10.9 Å². The number of carbonyl (C=O) groups excluding carboxylic acids is 1. The highest BCUT2D eigenvalue weighted by molar-refractivity contribution is 5.99. The molecule has 21 heavy (non-hydrogen) atoms. The molecule has 0 radical (unpaired) electrons. The van der Waals surface area contributed by atoms with E-state index in [9.17, 15) is 4.79 Å². The van der Waals surface area contributed by atoms with Crippen molar-refractivity contribution in [1.29, 1.82) is 0 Å². The van der Waals surface area contributed by atoms with Gasteiger partial charge in [-0.15, -0.1) is 0 Å². The van der Waals surface area contributed by atoms with Gasteiger partial charge in [-0.1, -0.05) is 18.2 Å². The molecular formula is C17H13NO3. The van der Waals surface area contributed by atoms with E-state index in [0.29, 0.717) is 0 Å². The van der Waals surface area contributed by atoms with Crippen LogP contribution in [0.1, 0.15) is 17.2 Å². The molecule has 0 saturated heterocycles. The van der Waals surface area contributed by atoms with Crippen molar-refractivity contribution in [3.8, 4) is 5.75 Å². The molecule has 0 aliphatic carbocycles. The first kappa shape index (κ1) is 12.0. The summed E-state index contributed by atoms with van der Waals surface area (Å²) in [4.78, 5) is 12.3. The van der Waals surface area contributed by atoms with Crippen LogP contribution in [0, 0.1) is 6.92 Å². The minimum Gasteiger partial charge on any atom is -0.473 e. The van der Waals surface area contributed by atoms with Crippen molar-refractivity contribution in [2.45, 2.75) is 13.0 Å². The molecule has 4 nitrogen and oxygen atoms in total. The van der Waals surface area contributed by atoms with Crippen LogP contribution >= 0.6 is 0 Å². The largest absolute Gasteiger partial charge is 0.473 e. The SMILES string of the molecule is Cc1cccc2c1OC(c1ccc3occc3c1)C(=O)N2. The fraction of sp³-hybridized carbons (Fsp3) is 0.118. The van der Waals surface area contributed by atoms with Gasteiger partial charge in [0.05, 0.1) is 12.0 Å². The van der Waals surface area contributed by atoms with Gasteiger partial charge in [0.25, 0.3) is 5.91 Å². The summed E-state index contributed by atoms with van der Waals surface area (Å²) < 4.78 is 11.3. The monoisotopic (exact) mass is 279 g/mol. The highest BCUT2D eigenvalue weighted by atomic mass is 16.5. The first-order valence-electron chi connectivity index (χ1n) is 6.77. The van der Waals surface area contributed by atoms with E-state index in [1.807, 2.05) is 49.4 Å². The van der Waals surface area contributed by atoms with E-state index in [4.69, 9.17) is 9.15 Å². The average molecular weight is 279 g/mol. The van der Waals surface area contributed by atoms with Gasteiger partial charge in [0.1, 0.15) is 11.3 Å². The lowest BCUT2D eigenvalue weighted by Crippen LogP contribution is -2.30. The Hall–Kier alpha value is -2.75. The molecule has 2 aromatic carbocycles. The summed E-state index contributed by atoms with van der Waals surface area (Å²) in [6.07, 6.45) is 0.994. The Morgan fingerprint density at radius 2 is 2.05 bits per heavy atom. The number of fused-ring (bicyclic) bond motifs is 2. The lowest BCUT2D eigenvalue weighted by atomic mass is 10.0. The van der Waals surface area contributed by atoms with Crippen LogP contribution in [-0.2, 0) is 4.79 Å². The molecule has 0 saturated carbocycles.